The van der Waals surface area contributed by atoms with Crippen LogP contribution in [0.25, 0.3) is 0 Å². The molecule has 0 radical (unpaired) electrons. The summed E-state index contributed by atoms with van der Waals surface area (Å²) in [6, 6.07) is 0. The van der Waals surface area contributed by atoms with E-state index in [0.29, 0.717) is 6.54 Å². The summed E-state index contributed by atoms with van der Waals surface area (Å²) in [5.74, 6) is 2.51. The van der Waals surface area contributed by atoms with E-state index >= 15 is 0 Å². The van der Waals surface area contributed by atoms with E-state index in [9.17, 15) is 4.79 Å². The third-order valence-electron chi connectivity index (χ3n) is 3.28. The Kier molecular flexibility index (Phi) is 6.91. The Morgan fingerprint density at radius 1 is 1.24 bits per heavy atom. The summed E-state index contributed by atoms with van der Waals surface area (Å²) in [5, 5.41) is 5.94. The van der Waals surface area contributed by atoms with Crippen LogP contribution in [0.3, 0.4) is 0 Å². The summed E-state index contributed by atoms with van der Waals surface area (Å²) in [6.07, 6.45) is 1.83. The molecule has 1 rings (SSSR count). The molecule has 6 heteroatoms. The van der Waals surface area contributed by atoms with E-state index < -0.39 is 0 Å². The van der Waals surface area contributed by atoms with Gasteiger partial charge in [-0.05, 0) is 27.2 Å². The molecular weight excluding hydrogens is 266 g/mol. The Morgan fingerprint density at radius 2 is 1.95 bits per heavy atom. The van der Waals surface area contributed by atoms with Gasteiger partial charge >= 0.3 is 0 Å². The summed E-state index contributed by atoms with van der Waals surface area (Å²) >= 11 is 0. The molecule has 0 bridgehead atoms. The Hall–Kier alpha value is -1.85. The van der Waals surface area contributed by atoms with E-state index in [1.54, 1.807) is 7.05 Å². The van der Waals surface area contributed by atoms with Crippen LogP contribution in [0.4, 0.5) is 11.6 Å². The van der Waals surface area contributed by atoms with Crippen LogP contribution in [0.15, 0.2) is 0 Å². The van der Waals surface area contributed by atoms with Crippen molar-refractivity contribution in [2.45, 2.75) is 40.5 Å². The van der Waals surface area contributed by atoms with Crippen molar-refractivity contribution >= 4 is 17.5 Å². The van der Waals surface area contributed by atoms with Crippen molar-refractivity contribution in [3.8, 4) is 0 Å². The van der Waals surface area contributed by atoms with Crippen molar-refractivity contribution in [3.63, 3.8) is 0 Å². The maximum absolute atomic E-state index is 11.7. The van der Waals surface area contributed by atoms with Crippen LogP contribution < -0.4 is 15.5 Å². The molecule has 0 fully saturated rings. The van der Waals surface area contributed by atoms with Crippen LogP contribution in [0.5, 0.6) is 0 Å². The van der Waals surface area contributed by atoms with Gasteiger partial charge in [-0.2, -0.15) is 0 Å². The van der Waals surface area contributed by atoms with Gasteiger partial charge in [0.1, 0.15) is 17.5 Å². The zero-order chi connectivity index (χ0) is 15.8. The molecule has 0 saturated heterocycles. The van der Waals surface area contributed by atoms with E-state index in [4.69, 9.17) is 0 Å². The van der Waals surface area contributed by atoms with Gasteiger partial charge in [-0.15, -0.1) is 0 Å². The zero-order valence-corrected chi connectivity index (χ0v) is 13.8. The second-order valence-corrected chi connectivity index (χ2v) is 4.90. The van der Waals surface area contributed by atoms with Crippen molar-refractivity contribution in [3.05, 3.63) is 11.4 Å². The first kappa shape index (κ1) is 17.2. The minimum atomic E-state index is -0.0168. The van der Waals surface area contributed by atoms with Crippen LogP contribution in [-0.4, -0.2) is 42.6 Å². The summed E-state index contributed by atoms with van der Waals surface area (Å²) in [7, 11) is 1.65. The lowest BCUT2D eigenvalue weighted by molar-refractivity contribution is -0.119. The fourth-order valence-corrected chi connectivity index (χ4v) is 2.12. The molecule has 0 aliphatic carbocycles. The molecule has 1 amide bonds. The maximum Gasteiger partial charge on any atom is 0.239 e. The van der Waals surface area contributed by atoms with E-state index in [1.807, 2.05) is 25.7 Å². The number of aromatic nitrogens is 2. The highest BCUT2D eigenvalue weighted by molar-refractivity contribution is 5.81. The predicted molar refractivity (Wildman–Crippen MR) is 86.9 cm³/mol. The smallest absolute Gasteiger partial charge is 0.239 e. The van der Waals surface area contributed by atoms with Crippen molar-refractivity contribution in [1.82, 2.24) is 15.3 Å². The van der Waals surface area contributed by atoms with Gasteiger partial charge in [0.05, 0.1) is 6.54 Å². The number of nitrogens with zero attached hydrogens (tertiary/aromatic N) is 3. The molecule has 2 N–H and O–H groups in total. The number of nitrogens with one attached hydrogen (secondary N) is 2. The van der Waals surface area contributed by atoms with E-state index in [1.165, 1.54) is 0 Å². The molecular formula is C15H27N5O. The summed E-state index contributed by atoms with van der Waals surface area (Å²) < 4.78 is 0. The quantitative estimate of drug-likeness (QED) is 0.764. The first-order valence-corrected chi connectivity index (χ1v) is 7.64. The zero-order valence-electron chi connectivity index (χ0n) is 13.8. The maximum atomic E-state index is 11.7. The third-order valence-corrected chi connectivity index (χ3v) is 3.28. The third kappa shape index (κ3) is 4.58. The largest absolute Gasteiger partial charge is 0.370 e. The molecule has 118 valence electrons. The first-order chi connectivity index (χ1) is 10.1. The van der Waals surface area contributed by atoms with Crippen LogP contribution in [0, 0.1) is 6.92 Å². The SMILES string of the molecule is CCCc1nc(NCC)c(C)c(N(CC)CC(=O)NC)n1. The van der Waals surface area contributed by atoms with Gasteiger partial charge in [-0.1, -0.05) is 6.92 Å². The Labute approximate surface area is 127 Å². The molecule has 0 aromatic carbocycles. The van der Waals surface area contributed by atoms with E-state index in [2.05, 4.69) is 27.5 Å². The second-order valence-electron chi connectivity index (χ2n) is 4.90. The van der Waals surface area contributed by atoms with Gasteiger partial charge in [0.15, 0.2) is 0 Å². The van der Waals surface area contributed by atoms with Gasteiger partial charge in [0.25, 0.3) is 0 Å². The number of likely N-dealkylation sites (N-methyl/N-ethyl adjacent to an activating group) is 2. The second kappa shape index (κ2) is 8.44. The minimum Gasteiger partial charge on any atom is -0.370 e. The molecule has 0 atom stereocenters. The molecule has 6 nitrogen and oxygen atoms in total. The fourth-order valence-electron chi connectivity index (χ4n) is 2.12. The molecule has 0 spiro atoms. The van der Waals surface area contributed by atoms with Crippen LogP contribution >= 0.6 is 0 Å². The van der Waals surface area contributed by atoms with Crippen molar-refractivity contribution < 1.29 is 4.79 Å². The average molecular weight is 293 g/mol. The Balaban J connectivity index is 3.19. The lowest BCUT2D eigenvalue weighted by Crippen LogP contribution is -2.36. The summed E-state index contributed by atoms with van der Waals surface area (Å²) in [6.45, 7) is 10.0. The molecule has 0 aliphatic rings. The van der Waals surface area contributed by atoms with Gasteiger partial charge in [-0.3, -0.25) is 4.79 Å². The van der Waals surface area contributed by atoms with E-state index in [-0.39, 0.29) is 5.91 Å². The van der Waals surface area contributed by atoms with Gasteiger partial charge < -0.3 is 15.5 Å². The van der Waals surface area contributed by atoms with Crippen molar-refractivity contribution in [1.29, 1.82) is 0 Å². The molecule has 1 heterocycles. The molecule has 1 aromatic rings. The highest BCUT2D eigenvalue weighted by atomic mass is 16.1. The number of hydrogen-bond donors (Lipinski definition) is 2. The van der Waals surface area contributed by atoms with Crippen LogP contribution in [0.2, 0.25) is 0 Å². The summed E-state index contributed by atoms with van der Waals surface area (Å²) in [4.78, 5) is 22.9. The average Bonchev–Trinajstić information content (AvgIpc) is 2.48. The number of anilines is 2. The predicted octanol–water partition coefficient (Wildman–Crippen LogP) is 1.74. The molecule has 21 heavy (non-hydrogen) atoms. The van der Waals surface area contributed by atoms with Gasteiger partial charge in [0.2, 0.25) is 5.91 Å². The standard InChI is InChI=1S/C15H27N5O/c1-6-9-12-18-14(17-7-2)11(4)15(19-12)20(8-3)10-13(21)16-5/h6-10H2,1-5H3,(H,16,21)(H,17,18,19). The molecule has 1 aromatic heterocycles. The normalized spacial score (nSPS) is 10.3. The number of hydrogen-bond acceptors (Lipinski definition) is 5. The molecule has 0 saturated carbocycles. The molecule has 0 unspecified atom stereocenters. The monoisotopic (exact) mass is 293 g/mol. The highest BCUT2D eigenvalue weighted by Crippen LogP contribution is 2.24. The van der Waals surface area contributed by atoms with Crippen molar-refractivity contribution in [2.24, 2.45) is 0 Å². The number of rotatable bonds is 8. The number of carbonyl (C=O) groups excluding carboxylic acids is 1. The topological polar surface area (TPSA) is 70.2 Å². The van der Waals surface area contributed by atoms with Gasteiger partial charge in [0, 0.05) is 32.1 Å². The number of aryl methyl sites for hydroxylation is 1. The van der Waals surface area contributed by atoms with Gasteiger partial charge in [-0.25, -0.2) is 9.97 Å². The lowest BCUT2D eigenvalue weighted by Gasteiger charge is -2.24. The number of carbonyl (C=O) groups is 1. The number of amides is 1. The molecule has 0 aliphatic heterocycles. The van der Waals surface area contributed by atoms with Crippen molar-refractivity contribution in [2.75, 3.05) is 36.9 Å². The Bertz CT molecular complexity index is 475. The fraction of sp³-hybridized carbons (Fsp3) is 0.667. The minimum absolute atomic E-state index is 0.0168. The highest BCUT2D eigenvalue weighted by Gasteiger charge is 2.17. The first-order valence-electron chi connectivity index (χ1n) is 7.64. The summed E-state index contributed by atoms with van der Waals surface area (Å²) in [5.41, 5.74) is 0.988. The van der Waals surface area contributed by atoms with Crippen LogP contribution in [-0.2, 0) is 11.2 Å². The Morgan fingerprint density at radius 3 is 2.48 bits per heavy atom. The van der Waals surface area contributed by atoms with Crippen LogP contribution in [0.1, 0.15) is 38.6 Å². The lowest BCUT2D eigenvalue weighted by atomic mass is 10.2. The van der Waals surface area contributed by atoms with E-state index in [0.717, 1.165) is 49.0 Å².